The molecule has 134 valence electrons. The van der Waals surface area contributed by atoms with E-state index in [1.54, 1.807) is 4.57 Å². The van der Waals surface area contributed by atoms with Gasteiger partial charge in [0.15, 0.2) is 11.2 Å². The van der Waals surface area contributed by atoms with Crippen LogP contribution in [0.15, 0.2) is 11.1 Å². The largest absolute Gasteiger partial charge is 0.369 e. The second kappa shape index (κ2) is 7.86. The molecule has 0 radical (unpaired) electrons. The van der Waals surface area contributed by atoms with Gasteiger partial charge in [0.1, 0.15) is 0 Å². The van der Waals surface area contributed by atoms with E-state index in [9.17, 15) is 9.36 Å². The van der Waals surface area contributed by atoms with Gasteiger partial charge in [-0.3, -0.25) is 14.3 Å². The molecule has 0 saturated heterocycles. The molecular formula is C12H22N7O4P. The van der Waals surface area contributed by atoms with E-state index in [0.717, 1.165) is 6.42 Å². The van der Waals surface area contributed by atoms with Crippen LogP contribution in [-0.2, 0) is 11.1 Å². The molecule has 0 aliphatic rings. The zero-order valence-electron chi connectivity index (χ0n) is 13.1. The van der Waals surface area contributed by atoms with Gasteiger partial charge in [-0.1, -0.05) is 0 Å². The minimum absolute atomic E-state index is 0.00994. The summed E-state index contributed by atoms with van der Waals surface area (Å²) in [5.41, 5.74) is 11.2. The van der Waals surface area contributed by atoms with Crippen molar-refractivity contribution in [3.05, 3.63) is 16.7 Å². The van der Waals surface area contributed by atoms with E-state index in [0.29, 0.717) is 31.8 Å². The highest BCUT2D eigenvalue weighted by Crippen LogP contribution is 2.33. The van der Waals surface area contributed by atoms with Crippen molar-refractivity contribution in [3.8, 4) is 0 Å². The van der Waals surface area contributed by atoms with Crippen LogP contribution in [0.1, 0.15) is 6.42 Å². The number of aromatic amines is 1. The highest BCUT2D eigenvalue weighted by atomic mass is 31.2. The van der Waals surface area contributed by atoms with Crippen LogP contribution in [0.3, 0.4) is 0 Å². The Labute approximate surface area is 137 Å². The fraction of sp³-hybridized carbons (Fsp3) is 0.583. The Morgan fingerprint density at radius 1 is 1.33 bits per heavy atom. The van der Waals surface area contributed by atoms with Crippen molar-refractivity contribution < 1.29 is 14.4 Å². The summed E-state index contributed by atoms with van der Waals surface area (Å²) in [6.45, 7) is 2.35. The lowest BCUT2D eigenvalue weighted by atomic mass is 10.3. The number of nitrogens with zero attached hydrogens (tertiary/aromatic N) is 4. The SMILES string of the molecule is NCCCN(CCn1cnc2c(=O)[nH]c(N)nc21)CCP(=O)(O)O. The van der Waals surface area contributed by atoms with E-state index in [1.165, 1.54) is 6.33 Å². The molecule has 7 N–H and O–H groups in total. The summed E-state index contributed by atoms with van der Waals surface area (Å²) < 4.78 is 12.7. The fourth-order valence-electron chi connectivity index (χ4n) is 2.31. The highest BCUT2D eigenvalue weighted by Gasteiger charge is 2.16. The minimum atomic E-state index is -4.05. The van der Waals surface area contributed by atoms with Crippen molar-refractivity contribution in [1.29, 1.82) is 0 Å². The third kappa shape index (κ3) is 5.11. The van der Waals surface area contributed by atoms with Gasteiger partial charge in [0.25, 0.3) is 5.56 Å². The summed E-state index contributed by atoms with van der Waals surface area (Å²) in [7, 11) is -4.05. The molecule has 0 atom stereocenters. The number of aromatic nitrogens is 4. The number of nitrogen functional groups attached to an aromatic ring is 1. The Hall–Kier alpha value is -1.78. The Morgan fingerprint density at radius 2 is 2.08 bits per heavy atom. The Kier molecular flexibility index (Phi) is 6.08. The maximum absolute atomic E-state index is 11.7. The molecule has 2 aromatic rings. The van der Waals surface area contributed by atoms with Crippen LogP contribution in [0.5, 0.6) is 0 Å². The van der Waals surface area contributed by atoms with Crippen LogP contribution >= 0.6 is 7.60 Å². The van der Waals surface area contributed by atoms with E-state index in [-0.39, 0.29) is 24.2 Å². The van der Waals surface area contributed by atoms with E-state index in [4.69, 9.17) is 21.3 Å². The first-order valence-electron chi connectivity index (χ1n) is 7.48. The lowest BCUT2D eigenvalue weighted by Gasteiger charge is -2.22. The predicted molar refractivity (Wildman–Crippen MR) is 89.6 cm³/mol. The van der Waals surface area contributed by atoms with Crippen LogP contribution in [-0.4, -0.2) is 66.5 Å². The third-order valence-electron chi connectivity index (χ3n) is 3.54. The summed E-state index contributed by atoms with van der Waals surface area (Å²) in [6.07, 6.45) is 2.00. The standard InChI is InChI=1S/C12H22N7O4P/c13-2-1-3-18(6-7-24(21,22)23)4-5-19-8-15-9-10(19)16-12(14)17-11(9)20/h8H,1-7,13H2,(H2,21,22,23)(H3,14,16,17,20). The molecule has 0 fully saturated rings. The Balaban J connectivity index is 2.08. The van der Waals surface area contributed by atoms with Gasteiger partial charge in [-0.25, -0.2) is 4.98 Å². The van der Waals surface area contributed by atoms with Gasteiger partial charge in [-0.05, 0) is 19.5 Å². The van der Waals surface area contributed by atoms with Crippen LogP contribution in [0.4, 0.5) is 5.95 Å². The molecule has 2 rings (SSSR count). The van der Waals surface area contributed by atoms with Crippen molar-refractivity contribution >= 4 is 24.7 Å². The second-order valence-electron chi connectivity index (χ2n) is 5.43. The number of fused-ring (bicyclic) bond motifs is 1. The average Bonchev–Trinajstić information content (AvgIpc) is 2.89. The summed E-state index contributed by atoms with van der Waals surface area (Å²) in [6, 6.07) is 0. The smallest absolute Gasteiger partial charge is 0.326 e. The molecule has 12 heteroatoms. The quantitative estimate of drug-likeness (QED) is 0.334. The first-order chi connectivity index (χ1) is 11.3. The number of anilines is 1. The first-order valence-corrected chi connectivity index (χ1v) is 9.27. The second-order valence-corrected chi connectivity index (χ2v) is 7.21. The average molecular weight is 359 g/mol. The number of imidazole rings is 1. The van der Waals surface area contributed by atoms with Gasteiger partial charge in [-0.15, -0.1) is 0 Å². The molecule has 0 spiro atoms. The monoisotopic (exact) mass is 359 g/mol. The highest BCUT2D eigenvalue weighted by molar-refractivity contribution is 7.51. The summed E-state index contributed by atoms with van der Waals surface area (Å²) in [5, 5.41) is 0. The molecular weight excluding hydrogens is 337 g/mol. The van der Waals surface area contributed by atoms with Gasteiger partial charge >= 0.3 is 7.60 Å². The van der Waals surface area contributed by atoms with Crippen molar-refractivity contribution in [2.45, 2.75) is 13.0 Å². The van der Waals surface area contributed by atoms with Crippen LogP contribution in [0.25, 0.3) is 11.2 Å². The van der Waals surface area contributed by atoms with E-state index < -0.39 is 13.2 Å². The van der Waals surface area contributed by atoms with Crippen LogP contribution in [0, 0.1) is 0 Å². The Bertz CT molecular complexity index is 783. The number of nitrogens with two attached hydrogens (primary N) is 2. The lowest BCUT2D eigenvalue weighted by molar-refractivity contribution is 0.268. The molecule has 0 amide bonds. The van der Waals surface area contributed by atoms with E-state index in [2.05, 4.69) is 15.0 Å². The zero-order valence-corrected chi connectivity index (χ0v) is 14.0. The third-order valence-corrected chi connectivity index (χ3v) is 4.32. The van der Waals surface area contributed by atoms with Crippen LogP contribution < -0.4 is 17.0 Å². The number of H-pyrrole nitrogens is 1. The molecule has 0 aromatic carbocycles. The molecule has 2 aromatic heterocycles. The van der Waals surface area contributed by atoms with Gasteiger partial charge < -0.3 is 30.7 Å². The normalized spacial score (nSPS) is 12.3. The zero-order chi connectivity index (χ0) is 17.7. The van der Waals surface area contributed by atoms with E-state index >= 15 is 0 Å². The van der Waals surface area contributed by atoms with Gasteiger partial charge in [0.05, 0.1) is 12.5 Å². The number of nitrogens with one attached hydrogen (secondary N) is 1. The maximum Gasteiger partial charge on any atom is 0.326 e. The van der Waals surface area contributed by atoms with E-state index in [1.807, 2.05) is 4.90 Å². The van der Waals surface area contributed by atoms with Crippen molar-refractivity contribution in [2.75, 3.05) is 38.1 Å². The molecule has 0 saturated carbocycles. The molecule has 0 aliphatic carbocycles. The molecule has 11 nitrogen and oxygen atoms in total. The van der Waals surface area contributed by atoms with Crippen molar-refractivity contribution in [1.82, 2.24) is 24.4 Å². The first kappa shape index (κ1) is 18.6. The predicted octanol–water partition coefficient (Wildman–Crippen LogP) is -1.47. The van der Waals surface area contributed by atoms with Gasteiger partial charge in [0, 0.05) is 19.6 Å². The van der Waals surface area contributed by atoms with Crippen molar-refractivity contribution in [2.24, 2.45) is 5.73 Å². The maximum atomic E-state index is 11.7. The van der Waals surface area contributed by atoms with Crippen molar-refractivity contribution in [3.63, 3.8) is 0 Å². The minimum Gasteiger partial charge on any atom is -0.369 e. The Morgan fingerprint density at radius 3 is 2.75 bits per heavy atom. The molecule has 0 aliphatic heterocycles. The summed E-state index contributed by atoms with van der Waals surface area (Å²) >= 11 is 0. The lowest BCUT2D eigenvalue weighted by Crippen LogP contribution is -2.32. The number of hydrogen-bond donors (Lipinski definition) is 5. The molecule has 0 unspecified atom stereocenters. The molecule has 2 heterocycles. The topological polar surface area (TPSA) is 176 Å². The fourth-order valence-corrected chi connectivity index (χ4v) is 2.85. The number of hydrogen-bond acceptors (Lipinski definition) is 7. The van der Waals surface area contributed by atoms with Gasteiger partial charge in [0.2, 0.25) is 5.95 Å². The molecule has 24 heavy (non-hydrogen) atoms. The molecule has 0 bridgehead atoms. The summed E-state index contributed by atoms with van der Waals surface area (Å²) in [5.74, 6) is 0.00994. The van der Waals surface area contributed by atoms with Gasteiger partial charge in [-0.2, -0.15) is 4.98 Å². The number of rotatable bonds is 9. The summed E-state index contributed by atoms with van der Waals surface area (Å²) in [4.78, 5) is 42.2. The van der Waals surface area contributed by atoms with Crippen LogP contribution in [0.2, 0.25) is 0 Å².